The monoisotopic (exact) mass is 523 g/mol. The lowest BCUT2D eigenvalue weighted by atomic mass is 9.99. The first-order valence-electron chi connectivity index (χ1n) is 11.5. The SMILES string of the molecule is C[C@H](O)c1ccn2c(NC(=O)c3cc(-c4ccn(C)n4)c(C(F)(F)F)cc3F)c(-c3ccccc3)nc2c1. The second-order valence-electron chi connectivity index (χ2n) is 8.74. The molecule has 0 aliphatic carbocycles. The zero-order valence-electron chi connectivity index (χ0n) is 20.2. The van der Waals surface area contributed by atoms with Crippen LogP contribution in [0.4, 0.5) is 23.4 Å². The highest BCUT2D eigenvalue weighted by Gasteiger charge is 2.36. The highest BCUT2D eigenvalue weighted by atomic mass is 19.4. The third-order valence-corrected chi connectivity index (χ3v) is 6.06. The lowest BCUT2D eigenvalue weighted by Crippen LogP contribution is -2.18. The molecule has 5 rings (SSSR count). The van der Waals surface area contributed by atoms with Crippen molar-refractivity contribution >= 4 is 17.4 Å². The molecule has 0 fully saturated rings. The van der Waals surface area contributed by atoms with E-state index in [1.165, 1.54) is 24.0 Å². The van der Waals surface area contributed by atoms with Crippen LogP contribution in [-0.4, -0.2) is 30.2 Å². The van der Waals surface area contributed by atoms with E-state index < -0.39 is 40.7 Å². The summed E-state index contributed by atoms with van der Waals surface area (Å²) in [7, 11) is 1.53. The maximum atomic E-state index is 15.0. The molecule has 194 valence electrons. The zero-order valence-corrected chi connectivity index (χ0v) is 20.2. The molecule has 3 heterocycles. The molecule has 38 heavy (non-hydrogen) atoms. The highest BCUT2D eigenvalue weighted by Crippen LogP contribution is 2.38. The lowest BCUT2D eigenvalue weighted by Gasteiger charge is -2.15. The average molecular weight is 523 g/mol. The number of aryl methyl sites for hydroxylation is 1. The van der Waals surface area contributed by atoms with Crippen molar-refractivity contribution in [1.29, 1.82) is 0 Å². The minimum atomic E-state index is -4.87. The van der Waals surface area contributed by atoms with Crippen LogP contribution in [0.15, 0.2) is 73.1 Å². The van der Waals surface area contributed by atoms with Crippen molar-refractivity contribution in [2.45, 2.75) is 19.2 Å². The van der Waals surface area contributed by atoms with E-state index in [2.05, 4.69) is 15.4 Å². The number of rotatable bonds is 5. The van der Waals surface area contributed by atoms with E-state index in [9.17, 15) is 23.1 Å². The van der Waals surface area contributed by atoms with Crippen LogP contribution < -0.4 is 5.32 Å². The summed E-state index contributed by atoms with van der Waals surface area (Å²) in [6.07, 6.45) is -2.59. The van der Waals surface area contributed by atoms with Gasteiger partial charge in [0.15, 0.2) is 0 Å². The van der Waals surface area contributed by atoms with E-state index in [0.29, 0.717) is 28.5 Å². The molecule has 0 saturated heterocycles. The molecule has 7 nitrogen and oxygen atoms in total. The number of imidazole rings is 1. The van der Waals surface area contributed by atoms with Crippen LogP contribution in [0.1, 0.15) is 34.5 Å². The number of hydrogen-bond acceptors (Lipinski definition) is 4. The Hall–Kier alpha value is -4.51. The molecule has 0 aliphatic rings. The summed E-state index contributed by atoms with van der Waals surface area (Å²) in [4.78, 5) is 17.9. The number of hydrogen-bond donors (Lipinski definition) is 2. The smallest absolute Gasteiger partial charge is 0.389 e. The normalized spacial score (nSPS) is 12.6. The molecule has 1 atom stereocenters. The number of halogens is 4. The van der Waals surface area contributed by atoms with Gasteiger partial charge in [0.2, 0.25) is 0 Å². The van der Waals surface area contributed by atoms with Gasteiger partial charge in [-0.1, -0.05) is 30.3 Å². The maximum Gasteiger partial charge on any atom is 0.417 e. The predicted octanol–water partition coefficient (Wildman–Crippen LogP) is 5.87. The second-order valence-corrected chi connectivity index (χ2v) is 8.74. The molecule has 2 aromatic carbocycles. The minimum absolute atomic E-state index is 0.0562. The molecule has 3 aromatic heterocycles. The van der Waals surface area contributed by atoms with Crippen LogP contribution in [0.3, 0.4) is 0 Å². The summed E-state index contributed by atoms with van der Waals surface area (Å²) in [6.45, 7) is 1.60. The second kappa shape index (κ2) is 9.42. The number of pyridine rings is 1. The van der Waals surface area contributed by atoms with Crippen LogP contribution in [0, 0.1) is 5.82 Å². The van der Waals surface area contributed by atoms with Crippen molar-refractivity contribution in [3.05, 3.63) is 95.6 Å². The zero-order chi connectivity index (χ0) is 27.2. The molecule has 0 radical (unpaired) electrons. The van der Waals surface area contributed by atoms with Crippen molar-refractivity contribution in [1.82, 2.24) is 19.2 Å². The van der Waals surface area contributed by atoms with E-state index in [0.717, 1.165) is 6.07 Å². The maximum absolute atomic E-state index is 15.0. The Bertz CT molecular complexity index is 1660. The number of amides is 1. The molecule has 0 aliphatic heterocycles. The van der Waals surface area contributed by atoms with Gasteiger partial charge in [0.05, 0.1) is 22.9 Å². The fourth-order valence-electron chi connectivity index (χ4n) is 4.16. The number of aromatic nitrogens is 4. The van der Waals surface area contributed by atoms with Gasteiger partial charge in [-0.15, -0.1) is 0 Å². The number of anilines is 1. The summed E-state index contributed by atoms with van der Waals surface area (Å²) >= 11 is 0. The summed E-state index contributed by atoms with van der Waals surface area (Å²) < 4.78 is 59.1. The number of aliphatic hydroxyl groups is 1. The summed E-state index contributed by atoms with van der Waals surface area (Å²) in [5.41, 5.74) is -0.310. The summed E-state index contributed by atoms with van der Waals surface area (Å²) in [6, 6.07) is 14.7. The number of carbonyl (C=O) groups excluding carboxylic acids is 1. The standard InChI is InChI=1S/C27H21F4N5O2/c1-15(37)17-8-11-36-23(12-17)32-24(16-6-4-3-5-7-16)25(36)33-26(38)19-13-18(22-9-10-35(2)34-22)20(14-21(19)28)27(29,30)31/h3-15,37H,1-2H3,(H,33,38)/t15-/m0/s1. The third-order valence-electron chi connectivity index (χ3n) is 6.06. The molecular weight excluding hydrogens is 502 g/mol. The molecule has 5 aromatic rings. The van der Waals surface area contributed by atoms with Gasteiger partial charge in [-0.05, 0) is 42.8 Å². The molecule has 0 bridgehead atoms. The topological polar surface area (TPSA) is 84.5 Å². The number of benzene rings is 2. The van der Waals surface area contributed by atoms with Crippen LogP contribution in [0.25, 0.3) is 28.2 Å². The third kappa shape index (κ3) is 4.63. The van der Waals surface area contributed by atoms with Crippen LogP contribution in [0.2, 0.25) is 0 Å². The number of fused-ring (bicyclic) bond motifs is 1. The van der Waals surface area contributed by atoms with E-state index >= 15 is 4.39 Å². The Balaban J connectivity index is 1.63. The first-order chi connectivity index (χ1) is 18.0. The molecule has 0 unspecified atom stereocenters. The van der Waals surface area contributed by atoms with Crippen LogP contribution in [0.5, 0.6) is 0 Å². The van der Waals surface area contributed by atoms with E-state index in [1.807, 2.05) is 0 Å². The molecule has 11 heteroatoms. The number of nitrogens with one attached hydrogen (secondary N) is 1. The van der Waals surface area contributed by atoms with Crippen LogP contribution >= 0.6 is 0 Å². The largest absolute Gasteiger partial charge is 0.417 e. The van der Waals surface area contributed by atoms with Gasteiger partial charge in [0, 0.05) is 30.6 Å². The number of nitrogens with zero attached hydrogens (tertiary/aromatic N) is 4. The lowest BCUT2D eigenvalue weighted by molar-refractivity contribution is -0.137. The van der Waals surface area contributed by atoms with E-state index in [1.54, 1.807) is 60.0 Å². The Labute approximate surface area is 214 Å². The van der Waals surface area contributed by atoms with Crippen molar-refractivity contribution in [2.24, 2.45) is 7.05 Å². The summed E-state index contributed by atoms with van der Waals surface area (Å²) in [5.74, 6) is -2.11. The number of alkyl halides is 3. The quantitative estimate of drug-likeness (QED) is 0.283. The highest BCUT2D eigenvalue weighted by molar-refractivity contribution is 6.06. The molecular formula is C27H21F4N5O2. The first-order valence-corrected chi connectivity index (χ1v) is 11.5. The Kier molecular flexibility index (Phi) is 6.23. The van der Waals surface area contributed by atoms with E-state index in [4.69, 9.17) is 0 Å². The number of carbonyl (C=O) groups is 1. The first kappa shape index (κ1) is 25.2. The molecule has 1 amide bonds. The van der Waals surface area contributed by atoms with Gasteiger partial charge < -0.3 is 10.4 Å². The van der Waals surface area contributed by atoms with Crippen molar-refractivity contribution < 1.29 is 27.5 Å². The predicted molar refractivity (Wildman–Crippen MR) is 133 cm³/mol. The van der Waals surface area contributed by atoms with Crippen molar-refractivity contribution in [3.8, 4) is 22.5 Å². The van der Waals surface area contributed by atoms with Gasteiger partial charge in [0.1, 0.15) is 23.0 Å². The van der Waals surface area contributed by atoms with Gasteiger partial charge in [-0.2, -0.15) is 18.3 Å². The average Bonchev–Trinajstić information content (AvgIpc) is 3.47. The van der Waals surface area contributed by atoms with Gasteiger partial charge in [0.25, 0.3) is 5.91 Å². The Morgan fingerprint density at radius 3 is 2.42 bits per heavy atom. The fraction of sp³-hybridized carbons (Fsp3) is 0.148. The van der Waals surface area contributed by atoms with Gasteiger partial charge in [-0.25, -0.2) is 9.37 Å². The van der Waals surface area contributed by atoms with Crippen molar-refractivity contribution in [3.63, 3.8) is 0 Å². The Morgan fingerprint density at radius 2 is 1.79 bits per heavy atom. The van der Waals surface area contributed by atoms with Crippen molar-refractivity contribution in [2.75, 3.05) is 5.32 Å². The van der Waals surface area contributed by atoms with Crippen LogP contribution in [-0.2, 0) is 13.2 Å². The van der Waals surface area contributed by atoms with Gasteiger partial charge in [-0.3, -0.25) is 13.9 Å². The molecule has 0 spiro atoms. The minimum Gasteiger partial charge on any atom is -0.389 e. The molecule has 2 N–H and O–H groups in total. The summed E-state index contributed by atoms with van der Waals surface area (Å²) in [5, 5.41) is 16.6. The Morgan fingerprint density at radius 1 is 1.05 bits per heavy atom. The fourth-order valence-corrected chi connectivity index (χ4v) is 4.16. The number of aliphatic hydroxyl groups excluding tert-OH is 1. The van der Waals surface area contributed by atoms with E-state index in [-0.39, 0.29) is 11.5 Å². The molecule has 0 saturated carbocycles. The van der Waals surface area contributed by atoms with Gasteiger partial charge >= 0.3 is 6.18 Å².